The molecule has 0 bridgehead atoms. The maximum atomic E-state index is 12.4. The SMILES string of the molecule is O=C(CCn1nnc2ccccc2c1=O)O[C@@H]1CCN(Cc2ccccc2)C1. The quantitative estimate of drug-likeness (QED) is 0.611. The van der Waals surface area contributed by atoms with Crippen LogP contribution < -0.4 is 5.56 Å². The molecule has 1 atom stereocenters. The van der Waals surface area contributed by atoms with Crippen LogP contribution in [0.3, 0.4) is 0 Å². The largest absolute Gasteiger partial charge is 0.461 e. The van der Waals surface area contributed by atoms with Crippen molar-refractivity contribution in [2.24, 2.45) is 0 Å². The smallest absolute Gasteiger partial charge is 0.307 e. The first-order valence-corrected chi connectivity index (χ1v) is 9.47. The maximum Gasteiger partial charge on any atom is 0.307 e. The second-order valence-corrected chi connectivity index (χ2v) is 7.01. The summed E-state index contributed by atoms with van der Waals surface area (Å²) in [6.45, 7) is 2.66. The fourth-order valence-electron chi connectivity index (χ4n) is 3.49. The van der Waals surface area contributed by atoms with Gasteiger partial charge in [0.05, 0.1) is 18.4 Å². The van der Waals surface area contributed by atoms with E-state index in [0.717, 1.165) is 26.1 Å². The van der Waals surface area contributed by atoms with Crippen molar-refractivity contribution in [3.63, 3.8) is 0 Å². The molecule has 1 saturated heterocycles. The van der Waals surface area contributed by atoms with Gasteiger partial charge in [0, 0.05) is 19.6 Å². The molecule has 0 spiro atoms. The number of nitrogens with zero attached hydrogens (tertiary/aromatic N) is 4. The molecule has 2 heterocycles. The average molecular weight is 378 g/mol. The van der Waals surface area contributed by atoms with Crippen LogP contribution >= 0.6 is 0 Å². The highest BCUT2D eigenvalue weighted by molar-refractivity contribution is 5.76. The molecule has 7 heteroatoms. The number of ether oxygens (including phenoxy) is 1. The van der Waals surface area contributed by atoms with E-state index in [0.29, 0.717) is 10.9 Å². The van der Waals surface area contributed by atoms with E-state index in [1.165, 1.54) is 10.2 Å². The Morgan fingerprint density at radius 3 is 2.75 bits per heavy atom. The zero-order valence-corrected chi connectivity index (χ0v) is 15.5. The molecule has 4 rings (SSSR count). The van der Waals surface area contributed by atoms with Crippen LogP contribution in [0.15, 0.2) is 59.4 Å². The molecule has 1 aliphatic heterocycles. The third-order valence-electron chi connectivity index (χ3n) is 4.93. The minimum absolute atomic E-state index is 0.0993. The number of carbonyl (C=O) groups excluding carboxylic acids is 1. The van der Waals surface area contributed by atoms with Crippen molar-refractivity contribution in [3.8, 4) is 0 Å². The van der Waals surface area contributed by atoms with Crippen molar-refractivity contribution in [1.29, 1.82) is 0 Å². The van der Waals surface area contributed by atoms with Gasteiger partial charge in [0.2, 0.25) is 0 Å². The Kier molecular flexibility index (Phi) is 5.43. The zero-order valence-electron chi connectivity index (χ0n) is 15.5. The van der Waals surface area contributed by atoms with Crippen LogP contribution in [-0.4, -0.2) is 45.1 Å². The number of esters is 1. The first-order valence-electron chi connectivity index (χ1n) is 9.47. The molecule has 1 aliphatic rings. The highest BCUT2D eigenvalue weighted by atomic mass is 16.5. The lowest BCUT2D eigenvalue weighted by Gasteiger charge is -2.16. The van der Waals surface area contributed by atoms with Gasteiger partial charge in [-0.25, -0.2) is 4.68 Å². The predicted octanol–water partition coefficient (Wildman–Crippen LogP) is 2.00. The van der Waals surface area contributed by atoms with Crippen LogP contribution in [0.25, 0.3) is 10.9 Å². The molecule has 2 aromatic carbocycles. The summed E-state index contributed by atoms with van der Waals surface area (Å²) in [5.41, 5.74) is 1.56. The number of hydrogen-bond acceptors (Lipinski definition) is 6. The van der Waals surface area contributed by atoms with E-state index in [9.17, 15) is 9.59 Å². The first-order chi connectivity index (χ1) is 13.7. The molecule has 28 heavy (non-hydrogen) atoms. The van der Waals surface area contributed by atoms with E-state index in [4.69, 9.17) is 4.74 Å². The third kappa shape index (κ3) is 4.26. The summed E-state index contributed by atoms with van der Waals surface area (Å²) in [6, 6.07) is 17.3. The van der Waals surface area contributed by atoms with Gasteiger partial charge in [-0.05, 0) is 24.1 Å². The maximum absolute atomic E-state index is 12.4. The van der Waals surface area contributed by atoms with Crippen molar-refractivity contribution in [1.82, 2.24) is 19.9 Å². The summed E-state index contributed by atoms with van der Waals surface area (Å²) >= 11 is 0. The Labute approximate surface area is 162 Å². The first kappa shape index (κ1) is 18.3. The van der Waals surface area contributed by atoms with Gasteiger partial charge >= 0.3 is 5.97 Å². The molecule has 1 aromatic heterocycles. The van der Waals surface area contributed by atoms with Gasteiger partial charge in [-0.3, -0.25) is 14.5 Å². The van der Waals surface area contributed by atoms with Gasteiger partial charge in [0.15, 0.2) is 0 Å². The monoisotopic (exact) mass is 378 g/mol. The number of carbonyl (C=O) groups is 1. The molecule has 144 valence electrons. The van der Waals surface area contributed by atoms with Crippen LogP contribution in [0.4, 0.5) is 0 Å². The highest BCUT2D eigenvalue weighted by Crippen LogP contribution is 2.16. The van der Waals surface area contributed by atoms with Crippen LogP contribution in [-0.2, 0) is 22.6 Å². The molecule has 1 fully saturated rings. The van der Waals surface area contributed by atoms with Crippen molar-refractivity contribution in [3.05, 3.63) is 70.5 Å². The molecule has 0 radical (unpaired) electrons. The number of likely N-dealkylation sites (tertiary alicyclic amines) is 1. The number of rotatable bonds is 6. The fourth-order valence-corrected chi connectivity index (χ4v) is 3.49. The average Bonchev–Trinajstić information content (AvgIpc) is 3.15. The van der Waals surface area contributed by atoms with Crippen molar-refractivity contribution in [2.45, 2.75) is 32.0 Å². The summed E-state index contributed by atoms with van der Waals surface area (Å²) in [7, 11) is 0. The van der Waals surface area contributed by atoms with E-state index >= 15 is 0 Å². The topological polar surface area (TPSA) is 77.3 Å². The van der Waals surface area contributed by atoms with E-state index in [-0.39, 0.29) is 30.6 Å². The van der Waals surface area contributed by atoms with Crippen LogP contribution in [0, 0.1) is 0 Å². The molecule has 0 aliphatic carbocycles. The minimum atomic E-state index is -0.312. The van der Waals surface area contributed by atoms with E-state index in [1.54, 1.807) is 24.3 Å². The van der Waals surface area contributed by atoms with Crippen molar-refractivity contribution in [2.75, 3.05) is 13.1 Å². The van der Waals surface area contributed by atoms with Gasteiger partial charge in [0.25, 0.3) is 5.56 Å². The molecule has 0 unspecified atom stereocenters. The number of hydrogen-bond donors (Lipinski definition) is 0. The van der Waals surface area contributed by atoms with Crippen molar-refractivity contribution < 1.29 is 9.53 Å². The van der Waals surface area contributed by atoms with Gasteiger partial charge in [-0.1, -0.05) is 47.7 Å². The van der Waals surface area contributed by atoms with Gasteiger partial charge < -0.3 is 4.74 Å². The normalized spacial score (nSPS) is 17.1. The Morgan fingerprint density at radius 1 is 1.11 bits per heavy atom. The number of fused-ring (bicyclic) bond motifs is 1. The number of aryl methyl sites for hydroxylation is 1. The Balaban J connectivity index is 1.28. The van der Waals surface area contributed by atoms with Crippen molar-refractivity contribution >= 4 is 16.9 Å². The summed E-state index contributed by atoms with van der Waals surface area (Å²) in [5, 5.41) is 8.43. The highest BCUT2D eigenvalue weighted by Gasteiger charge is 2.25. The molecule has 0 amide bonds. The van der Waals surface area contributed by atoms with Crippen LogP contribution in [0.1, 0.15) is 18.4 Å². The predicted molar refractivity (Wildman–Crippen MR) is 105 cm³/mol. The second kappa shape index (κ2) is 8.31. The van der Waals surface area contributed by atoms with E-state index in [2.05, 4.69) is 27.3 Å². The Morgan fingerprint density at radius 2 is 1.89 bits per heavy atom. The molecule has 3 aromatic rings. The van der Waals surface area contributed by atoms with Gasteiger partial charge in [0.1, 0.15) is 11.6 Å². The molecule has 7 nitrogen and oxygen atoms in total. The standard InChI is InChI=1S/C21H22N4O3/c26-20(11-13-25-21(27)18-8-4-5-9-19(18)22-23-25)28-17-10-12-24(15-17)14-16-6-2-1-3-7-16/h1-9,17H,10-15H2/t17-/m1/s1. The molecule has 0 saturated carbocycles. The molecular formula is C21H22N4O3. The Hall–Kier alpha value is -3.06. The van der Waals surface area contributed by atoms with Crippen LogP contribution in [0.5, 0.6) is 0 Å². The Bertz CT molecular complexity index is 1020. The summed E-state index contributed by atoms with van der Waals surface area (Å²) in [6.07, 6.45) is 0.826. The fraction of sp³-hybridized carbons (Fsp3) is 0.333. The molecule has 0 N–H and O–H groups in total. The summed E-state index contributed by atoms with van der Waals surface area (Å²) < 4.78 is 6.81. The summed E-state index contributed by atoms with van der Waals surface area (Å²) in [4.78, 5) is 26.9. The van der Waals surface area contributed by atoms with Crippen LogP contribution in [0.2, 0.25) is 0 Å². The number of aromatic nitrogens is 3. The lowest BCUT2D eigenvalue weighted by Crippen LogP contribution is -2.28. The third-order valence-corrected chi connectivity index (χ3v) is 4.93. The van der Waals surface area contributed by atoms with E-state index < -0.39 is 0 Å². The second-order valence-electron chi connectivity index (χ2n) is 7.01. The lowest BCUT2D eigenvalue weighted by molar-refractivity contribution is -0.148. The number of benzene rings is 2. The van der Waals surface area contributed by atoms with Gasteiger partial charge in [-0.2, -0.15) is 0 Å². The zero-order chi connectivity index (χ0) is 19.3. The van der Waals surface area contributed by atoms with Gasteiger partial charge in [-0.15, -0.1) is 5.10 Å². The minimum Gasteiger partial charge on any atom is -0.461 e. The van der Waals surface area contributed by atoms with E-state index in [1.807, 2.05) is 18.2 Å². The summed E-state index contributed by atoms with van der Waals surface area (Å²) in [5.74, 6) is -0.312. The lowest BCUT2D eigenvalue weighted by atomic mass is 10.2. The molecular weight excluding hydrogens is 356 g/mol.